The molecule has 1 aliphatic rings. The van der Waals surface area contributed by atoms with Gasteiger partial charge in [0.05, 0.1) is 13.2 Å². The van der Waals surface area contributed by atoms with E-state index in [-0.39, 0.29) is 5.91 Å². The molecule has 0 unspecified atom stereocenters. The Bertz CT molecular complexity index is 690. The summed E-state index contributed by atoms with van der Waals surface area (Å²) in [6.07, 6.45) is 0. The number of hydrogen-bond acceptors (Lipinski definition) is 5. The van der Waals surface area contributed by atoms with Gasteiger partial charge in [-0.25, -0.2) is 0 Å². The third-order valence-electron chi connectivity index (χ3n) is 4.24. The van der Waals surface area contributed by atoms with Gasteiger partial charge in [0.25, 0.3) is 5.91 Å². The fourth-order valence-electron chi connectivity index (χ4n) is 2.88. The lowest BCUT2D eigenvalue weighted by molar-refractivity contribution is 0.0745. The van der Waals surface area contributed by atoms with Crippen LogP contribution in [0.25, 0.3) is 0 Å². The summed E-state index contributed by atoms with van der Waals surface area (Å²) in [5, 5.41) is 0. The zero-order chi connectivity index (χ0) is 17.6. The Morgan fingerprint density at radius 2 is 1.88 bits per heavy atom. The van der Waals surface area contributed by atoms with Gasteiger partial charge in [-0.1, -0.05) is 12.1 Å². The van der Waals surface area contributed by atoms with Crippen molar-refractivity contribution in [3.8, 4) is 0 Å². The highest BCUT2D eigenvalue weighted by molar-refractivity contribution is 5.91. The van der Waals surface area contributed by atoms with E-state index in [9.17, 15) is 4.79 Å². The SMILES string of the molecule is COCc1ccc(C(=O)N(C)Cc2ccc(N3CCOCC3)cc2)o1. The molecule has 1 aromatic carbocycles. The molecule has 0 N–H and O–H groups in total. The number of benzene rings is 1. The minimum atomic E-state index is -0.139. The molecule has 2 aromatic rings. The summed E-state index contributed by atoms with van der Waals surface area (Å²) in [6.45, 7) is 4.27. The number of nitrogens with zero attached hydrogens (tertiary/aromatic N) is 2. The molecule has 1 fully saturated rings. The zero-order valence-electron chi connectivity index (χ0n) is 14.7. The maximum atomic E-state index is 12.5. The number of rotatable bonds is 6. The summed E-state index contributed by atoms with van der Waals surface area (Å²) in [4.78, 5) is 16.4. The van der Waals surface area contributed by atoms with Crippen molar-refractivity contribution >= 4 is 11.6 Å². The first-order chi connectivity index (χ1) is 12.2. The molecule has 1 amide bonds. The molecule has 6 nitrogen and oxygen atoms in total. The summed E-state index contributed by atoms with van der Waals surface area (Å²) in [5.74, 6) is 0.841. The number of furan rings is 1. The van der Waals surface area contributed by atoms with Gasteiger partial charge < -0.3 is 23.7 Å². The molecule has 0 saturated carbocycles. The van der Waals surface area contributed by atoms with Crippen LogP contribution in [0.15, 0.2) is 40.8 Å². The molecule has 1 aliphatic heterocycles. The summed E-state index contributed by atoms with van der Waals surface area (Å²) >= 11 is 0. The molecule has 1 aromatic heterocycles. The van der Waals surface area contributed by atoms with E-state index in [0.717, 1.165) is 31.9 Å². The average Bonchev–Trinajstić information content (AvgIpc) is 3.11. The first kappa shape index (κ1) is 17.5. The van der Waals surface area contributed by atoms with Crippen molar-refractivity contribution in [3.63, 3.8) is 0 Å². The summed E-state index contributed by atoms with van der Waals surface area (Å²) in [6, 6.07) is 11.8. The maximum Gasteiger partial charge on any atom is 0.289 e. The normalized spacial score (nSPS) is 14.6. The lowest BCUT2D eigenvalue weighted by Gasteiger charge is -2.29. The van der Waals surface area contributed by atoms with E-state index in [1.54, 1.807) is 31.2 Å². The van der Waals surface area contributed by atoms with Crippen molar-refractivity contribution in [1.29, 1.82) is 0 Å². The Labute approximate surface area is 147 Å². The number of morpholine rings is 1. The number of carbonyl (C=O) groups excluding carboxylic acids is 1. The fraction of sp³-hybridized carbons (Fsp3) is 0.421. The highest BCUT2D eigenvalue weighted by Gasteiger charge is 2.17. The molecule has 6 heteroatoms. The Morgan fingerprint density at radius 3 is 2.56 bits per heavy atom. The molecule has 25 heavy (non-hydrogen) atoms. The van der Waals surface area contributed by atoms with Crippen molar-refractivity contribution in [2.24, 2.45) is 0 Å². The van der Waals surface area contributed by atoms with Crippen LogP contribution in [0.5, 0.6) is 0 Å². The topological polar surface area (TPSA) is 55.2 Å². The van der Waals surface area contributed by atoms with E-state index in [1.165, 1.54) is 5.69 Å². The maximum absolute atomic E-state index is 12.5. The molecule has 0 aliphatic carbocycles. The van der Waals surface area contributed by atoms with E-state index < -0.39 is 0 Å². The van der Waals surface area contributed by atoms with Crippen LogP contribution in [0.1, 0.15) is 21.9 Å². The average molecular weight is 344 g/mol. The van der Waals surface area contributed by atoms with Gasteiger partial charge in [-0.2, -0.15) is 0 Å². The van der Waals surface area contributed by atoms with Crippen molar-refractivity contribution in [1.82, 2.24) is 4.90 Å². The quantitative estimate of drug-likeness (QED) is 0.806. The second-order valence-corrected chi connectivity index (χ2v) is 6.13. The van der Waals surface area contributed by atoms with Crippen LogP contribution in [0, 0.1) is 0 Å². The molecule has 1 saturated heterocycles. The van der Waals surface area contributed by atoms with Gasteiger partial charge >= 0.3 is 0 Å². The second-order valence-electron chi connectivity index (χ2n) is 6.13. The minimum Gasteiger partial charge on any atom is -0.453 e. The van der Waals surface area contributed by atoms with Crippen LogP contribution in [-0.4, -0.2) is 51.3 Å². The summed E-state index contributed by atoms with van der Waals surface area (Å²) < 4.78 is 15.9. The van der Waals surface area contributed by atoms with Gasteiger partial charge in [0.2, 0.25) is 0 Å². The van der Waals surface area contributed by atoms with Crippen LogP contribution in [-0.2, 0) is 22.6 Å². The predicted molar refractivity (Wildman–Crippen MR) is 94.7 cm³/mol. The summed E-state index contributed by atoms with van der Waals surface area (Å²) in [7, 11) is 3.37. The minimum absolute atomic E-state index is 0.139. The predicted octanol–water partition coefficient (Wildman–Crippen LogP) is 2.53. The van der Waals surface area contributed by atoms with E-state index in [4.69, 9.17) is 13.9 Å². The third kappa shape index (κ3) is 4.41. The number of amides is 1. The lowest BCUT2D eigenvalue weighted by atomic mass is 10.1. The molecular formula is C19H24N2O4. The van der Waals surface area contributed by atoms with Crippen molar-refractivity contribution in [2.45, 2.75) is 13.2 Å². The molecule has 2 heterocycles. The van der Waals surface area contributed by atoms with Crippen LogP contribution >= 0.6 is 0 Å². The van der Waals surface area contributed by atoms with E-state index in [2.05, 4.69) is 29.2 Å². The number of methoxy groups -OCH3 is 1. The first-order valence-corrected chi connectivity index (χ1v) is 8.42. The van der Waals surface area contributed by atoms with Gasteiger partial charge in [-0.15, -0.1) is 0 Å². The standard InChI is InChI=1S/C19H24N2O4/c1-20(19(22)18-8-7-17(25-18)14-23-2)13-15-3-5-16(6-4-15)21-9-11-24-12-10-21/h3-8H,9-14H2,1-2H3. The first-order valence-electron chi connectivity index (χ1n) is 8.42. The van der Waals surface area contributed by atoms with Crippen LogP contribution in [0.4, 0.5) is 5.69 Å². The Morgan fingerprint density at radius 1 is 1.16 bits per heavy atom. The van der Waals surface area contributed by atoms with E-state index >= 15 is 0 Å². The molecule has 0 atom stereocenters. The zero-order valence-corrected chi connectivity index (χ0v) is 14.7. The second kappa shape index (κ2) is 8.18. The van der Waals surface area contributed by atoms with Crippen molar-refractivity contribution < 1.29 is 18.7 Å². The molecule has 0 radical (unpaired) electrons. The Kier molecular flexibility index (Phi) is 5.73. The molecule has 134 valence electrons. The van der Waals surface area contributed by atoms with E-state index in [0.29, 0.717) is 24.7 Å². The van der Waals surface area contributed by atoms with Crippen LogP contribution in [0.3, 0.4) is 0 Å². The highest BCUT2D eigenvalue weighted by Crippen LogP contribution is 2.18. The summed E-state index contributed by atoms with van der Waals surface area (Å²) in [5.41, 5.74) is 2.27. The number of ether oxygens (including phenoxy) is 2. The smallest absolute Gasteiger partial charge is 0.289 e. The number of anilines is 1. The Hall–Kier alpha value is -2.31. The Balaban J connectivity index is 1.59. The fourth-order valence-corrected chi connectivity index (χ4v) is 2.88. The van der Waals surface area contributed by atoms with E-state index in [1.807, 2.05) is 0 Å². The largest absolute Gasteiger partial charge is 0.453 e. The monoisotopic (exact) mass is 344 g/mol. The molecule has 0 bridgehead atoms. The van der Waals surface area contributed by atoms with Gasteiger partial charge in [-0.3, -0.25) is 4.79 Å². The molecule has 3 rings (SSSR count). The van der Waals surface area contributed by atoms with Gasteiger partial charge in [0.15, 0.2) is 5.76 Å². The lowest BCUT2D eigenvalue weighted by Crippen LogP contribution is -2.36. The number of hydrogen-bond donors (Lipinski definition) is 0. The van der Waals surface area contributed by atoms with Crippen LogP contribution < -0.4 is 4.90 Å². The van der Waals surface area contributed by atoms with Gasteiger partial charge in [-0.05, 0) is 29.8 Å². The molecule has 0 spiro atoms. The third-order valence-corrected chi connectivity index (χ3v) is 4.24. The van der Waals surface area contributed by atoms with Crippen molar-refractivity contribution in [3.05, 3.63) is 53.5 Å². The van der Waals surface area contributed by atoms with Gasteiger partial charge in [0.1, 0.15) is 12.4 Å². The van der Waals surface area contributed by atoms with Crippen molar-refractivity contribution in [2.75, 3.05) is 45.4 Å². The highest BCUT2D eigenvalue weighted by atomic mass is 16.5. The molecular weight excluding hydrogens is 320 g/mol. The van der Waals surface area contributed by atoms with Crippen LogP contribution in [0.2, 0.25) is 0 Å². The van der Waals surface area contributed by atoms with Gasteiger partial charge in [0, 0.05) is 39.5 Å². The number of carbonyl (C=O) groups is 1.